The molecule has 0 aliphatic rings. The molecule has 0 fully saturated rings. The van der Waals surface area contributed by atoms with Gasteiger partial charge in [0.1, 0.15) is 5.75 Å². The predicted octanol–water partition coefficient (Wildman–Crippen LogP) is 2.95. The average molecular weight is 338 g/mol. The summed E-state index contributed by atoms with van der Waals surface area (Å²) in [6, 6.07) is 13.0. The van der Waals surface area contributed by atoms with E-state index in [1.54, 1.807) is 30.3 Å². The highest BCUT2D eigenvalue weighted by Gasteiger charge is 2.30. The van der Waals surface area contributed by atoms with Crippen LogP contribution in [-0.2, 0) is 4.79 Å². The molecule has 126 valence electrons. The third kappa shape index (κ3) is 5.64. The molecule has 0 aromatic heterocycles. The molecule has 0 bridgehead atoms. The van der Waals surface area contributed by atoms with Crippen LogP contribution in [0.25, 0.3) is 0 Å². The van der Waals surface area contributed by atoms with Gasteiger partial charge in [0.05, 0.1) is 6.54 Å². The average Bonchev–Trinajstić information content (AvgIpc) is 2.54. The van der Waals surface area contributed by atoms with Crippen molar-refractivity contribution in [2.75, 3.05) is 11.9 Å². The molecule has 0 spiro atoms. The molecule has 0 atom stereocenters. The number of ether oxygens (including phenoxy) is 1. The van der Waals surface area contributed by atoms with Gasteiger partial charge in [-0.1, -0.05) is 18.2 Å². The highest BCUT2D eigenvalue weighted by Crippen LogP contribution is 2.23. The van der Waals surface area contributed by atoms with Gasteiger partial charge in [-0.2, -0.15) is 0 Å². The molecule has 5 nitrogen and oxygen atoms in total. The number of carbonyl (C=O) groups excluding carboxylic acids is 2. The summed E-state index contributed by atoms with van der Waals surface area (Å²) in [5.74, 6) is -1.30. The van der Waals surface area contributed by atoms with Gasteiger partial charge in [0.2, 0.25) is 5.91 Å². The number of alkyl halides is 3. The summed E-state index contributed by atoms with van der Waals surface area (Å²) >= 11 is 0. The molecule has 2 rings (SSSR count). The minimum absolute atomic E-state index is 0.269. The van der Waals surface area contributed by atoms with Crippen LogP contribution in [-0.4, -0.2) is 24.7 Å². The van der Waals surface area contributed by atoms with Gasteiger partial charge in [-0.15, -0.1) is 13.2 Å². The fraction of sp³-hybridized carbons (Fsp3) is 0.125. The summed E-state index contributed by atoms with van der Waals surface area (Å²) in [5.41, 5.74) is 0.697. The van der Waals surface area contributed by atoms with Gasteiger partial charge in [0.25, 0.3) is 5.91 Å². The Kier molecular flexibility index (Phi) is 5.41. The van der Waals surface area contributed by atoms with Crippen LogP contribution >= 0.6 is 0 Å². The minimum atomic E-state index is -4.77. The van der Waals surface area contributed by atoms with Crippen LogP contribution in [0.1, 0.15) is 10.4 Å². The van der Waals surface area contributed by atoms with E-state index in [9.17, 15) is 22.8 Å². The molecule has 2 aromatic rings. The van der Waals surface area contributed by atoms with Crippen molar-refractivity contribution in [1.29, 1.82) is 0 Å². The van der Waals surface area contributed by atoms with Gasteiger partial charge in [0, 0.05) is 11.3 Å². The van der Waals surface area contributed by atoms with Crippen molar-refractivity contribution in [3.05, 3.63) is 60.2 Å². The van der Waals surface area contributed by atoms with Crippen LogP contribution in [0.4, 0.5) is 18.9 Å². The Balaban J connectivity index is 1.83. The molecule has 2 N–H and O–H groups in total. The maximum Gasteiger partial charge on any atom is 0.573 e. The van der Waals surface area contributed by atoms with Crippen molar-refractivity contribution < 1.29 is 27.5 Å². The summed E-state index contributed by atoms with van der Waals surface area (Å²) in [6.45, 7) is -0.269. The lowest BCUT2D eigenvalue weighted by atomic mass is 10.2. The number of carbonyl (C=O) groups is 2. The predicted molar refractivity (Wildman–Crippen MR) is 80.5 cm³/mol. The van der Waals surface area contributed by atoms with E-state index >= 15 is 0 Å². The fourth-order valence-corrected chi connectivity index (χ4v) is 1.80. The molecule has 24 heavy (non-hydrogen) atoms. The molecule has 2 aromatic carbocycles. The highest BCUT2D eigenvalue weighted by atomic mass is 19.4. The summed E-state index contributed by atoms with van der Waals surface area (Å²) in [7, 11) is 0. The maximum atomic E-state index is 12.0. The zero-order valence-electron chi connectivity index (χ0n) is 12.3. The largest absolute Gasteiger partial charge is 0.573 e. The Morgan fingerprint density at radius 3 is 2.17 bits per heavy atom. The first-order valence-electron chi connectivity index (χ1n) is 6.82. The van der Waals surface area contributed by atoms with Crippen LogP contribution in [0.3, 0.4) is 0 Å². The Bertz CT molecular complexity index is 701. The zero-order chi connectivity index (χ0) is 17.6. The van der Waals surface area contributed by atoms with Crippen molar-refractivity contribution in [3.63, 3.8) is 0 Å². The summed E-state index contributed by atoms with van der Waals surface area (Å²) < 4.78 is 39.8. The molecular weight excluding hydrogens is 325 g/mol. The molecule has 0 heterocycles. The van der Waals surface area contributed by atoms with E-state index in [0.29, 0.717) is 5.56 Å². The number of halogens is 3. The molecule has 0 unspecified atom stereocenters. The second-order valence-corrected chi connectivity index (χ2v) is 4.67. The first kappa shape index (κ1) is 17.3. The number of nitrogens with one attached hydrogen (secondary N) is 2. The topological polar surface area (TPSA) is 67.4 Å². The van der Waals surface area contributed by atoms with Gasteiger partial charge in [0.15, 0.2) is 0 Å². The van der Waals surface area contributed by atoms with Crippen molar-refractivity contribution in [2.24, 2.45) is 0 Å². The normalized spacial score (nSPS) is 10.8. The zero-order valence-corrected chi connectivity index (χ0v) is 12.3. The van der Waals surface area contributed by atoms with Crippen LogP contribution in [0.2, 0.25) is 0 Å². The Morgan fingerprint density at radius 1 is 0.958 bits per heavy atom. The Labute approximate surface area is 135 Å². The molecule has 0 aliphatic heterocycles. The summed E-state index contributed by atoms with van der Waals surface area (Å²) in [6.07, 6.45) is -4.77. The summed E-state index contributed by atoms with van der Waals surface area (Å²) in [4.78, 5) is 23.5. The Morgan fingerprint density at radius 2 is 1.58 bits per heavy atom. The smallest absolute Gasteiger partial charge is 0.406 e. The van der Waals surface area contributed by atoms with E-state index in [1.807, 2.05) is 0 Å². The molecule has 0 saturated carbocycles. The van der Waals surface area contributed by atoms with E-state index < -0.39 is 23.9 Å². The van der Waals surface area contributed by atoms with E-state index in [1.165, 1.54) is 12.1 Å². The SMILES string of the molecule is O=C(CNC(=O)c1ccccc1)Nc1ccc(OC(F)(F)F)cc1. The van der Waals surface area contributed by atoms with Crippen molar-refractivity contribution in [2.45, 2.75) is 6.36 Å². The highest BCUT2D eigenvalue weighted by molar-refractivity contribution is 5.99. The number of hydrogen-bond donors (Lipinski definition) is 2. The molecule has 0 radical (unpaired) electrons. The minimum Gasteiger partial charge on any atom is -0.406 e. The molecule has 8 heteroatoms. The number of amides is 2. The lowest BCUT2D eigenvalue weighted by Gasteiger charge is -2.10. The first-order valence-corrected chi connectivity index (χ1v) is 6.82. The van der Waals surface area contributed by atoms with E-state index in [-0.39, 0.29) is 12.2 Å². The number of anilines is 1. The van der Waals surface area contributed by atoms with Crippen molar-refractivity contribution in [1.82, 2.24) is 5.32 Å². The second-order valence-electron chi connectivity index (χ2n) is 4.67. The molecule has 0 saturated heterocycles. The standard InChI is InChI=1S/C16H13F3N2O3/c17-16(18,19)24-13-8-6-12(7-9-13)21-14(22)10-20-15(23)11-4-2-1-3-5-11/h1-9H,10H2,(H,20,23)(H,21,22). The van der Waals surface area contributed by atoms with Gasteiger partial charge >= 0.3 is 6.36 Å². The lowest BCUT2D eigenvalue weighted by molar-refractivity contribution is -0.274. The van der Waals surface area contributed by atoms with Crippen LogP contribution < -0.4 is 15.4 Å². The second kappa shape index (κ2) is 7.49. The van der Waals surface area contributed by atoms with Crippen molar-refractivity contribution in [3.8, 4) is 5.75 Å². The molecule has 2 amide bonds. The van der Waals surface area contributed by atoms with Gasteiger partial charge in [-0.25, -0.2) is 0 Å². The van der Waals surface area contributed by atoms with Crippen LogP contribution in [0.5, 0.6) is 5.75 Å². The van der Waals surface area contributed by atoms with Gasteiger partial charge < -0.3 is 15.4 Å². The monoisotopic (exact) mass is 338 g/mol. The molecule has 0 aliphatic carbocycles. The molecular formula is C16H13F3N2O3. The fourth-order valence-electron chi connectivity index (χ4n) is 1.80. The van der Waals surface area contributed by atoms with E-state index in [2.05, 4.69) is 15.4 Å². The number of benzene rings is 2. The van der Waals surface area contributed by atoms with Gasteiger partial charge in [-0.05, 0) is 36.4 Å². The van der Waals surface area contributed by atoms with Crippen molar-refractivity contribution >= 4 is 17.5 Å². The maximum absolute atomic E-state index is 12.0. The first-order chi connectivity index (χ1) is 11.3. The van der Waals surface area contributed by atoms with E-state index in [4.69, 9.17) is 0 Å². The quantitative estimate of drug-likeness (QED) is 0.881. The van der Waals surface area contributed by atoms with Crippen LogP contribution in [0, 0.1) is 0 Å². The lowest BCUT2D eigenvalue weighted by Crippen LogP contribution is -2.32. The van der Waals surface area contributed by atoms with Crippen LogP contribution in [0.15, 0.2) is 54.6 Å². The Hall–Kier alpha value is -3.03. The summed E-state index contributed by atoms with van der Waals surface area (Å²) in [5, 5.41) is 4.89. The number of hydrogen-bond acceptors (Lipinski definition) is 3. The number of rotatable bonds is 5. The third-order valence-electron chi connectivity index (χ3n) is 2.82. The van der Waals surface area contributed by atoms with Gasteiger partial charge in [-0.3, -0.25) is 9.59 Å². The van der Waals surface area contributed by atoms with E-state index in [0.717, 1.165) is 12.1 Å². The third-order valence-corrected chi connectivity index (χ3v) is 2.82.